The van der Waals surface area contributed by atoms with E-state index in [0.29, 0.717) is 28.7 Å². The Morgan fingerprint density at radius 1 is 1.00 bits per heavy atom. The van der Waals surface area contributed by atoms with Gasteiger partial charge in [-0.2, -0.15) is 0 Å². The van der Waals surface area contributed by atoms with Gasteiger partial charge in [-0.1, -0.05) is 25.1 Å². The van der Waals surface area contributed by atoms with Gasteiger partial charge in [0.25, 0.3) is 5.91 Å². The number of nitrogens with one attached hydrogen (secondary N) is 2. The molecule has 2 aliphatic rings. The first-order valence-corrected chi connectivity index (χ1v) is 11.4. The van der Waals surface area contributed by atoms with Crippen LogP contribution in [-0.4, -0.2) is 26.0 Å². The molecule has 0 saturated heterocycles. The number of carbonyl (C=O) groups is 2. The predicted octanol–water partition coefficient (Wildman–Crippen LogP) is 4.67. The number of carbonyl (C=O) groups excluding carboxylic acids is 2. The maximum atomic E-state index is 13.3. The fraction of sp³-hybridized carbons (Fsp3) is 0.462. The lowest BCUT2D eigenvalue weighted by atomic mass is 9.89. The summed E-state index contributed by atoms with van der Waals surface area (Å²) in [4.78, 5) is 25.9. The van der Waals surface area contributed by atoms with Crippen LogP contribution in [0.1, 0.15) is 66.2 Å². The summed E-state index contributed by atoms with van der Waals surface area (Å²) in [6.45, 7) is 4.03. The van der Waals surface area contributed by atoms with Gasteiger partial charge in [0.15, 0.2) is 11.5 Å². The number of hydrogen-bond acceptors (Lipinski definition) is 4. The third-order valence-corrected chi connectivity index (χ3v) is 6.69. The number of hydrogen-bond donors (Lipinski definition) is 2. The molecular weight excluding hydrogens is 404 g/mol. The lowest BCUT2D eigenvalue weighted by Crippen LogP contribution is -2.28. The van der Waals surface area contributed by atoms with Crippen molar-refractivity contribution in [1.29, 1.82) is 0 Å². The van der Waals surface area contributed by atoms with E-state index >= 15 is 0 Å². The average Bonchev–Trinajstić information content (AvgIpc) is 3.54. The molecule has 0 spiro atoms. The van der Waals surface area contributed by atoms with Gasteiger partial charge in [0.05, 0.1) is 31.5 Å². The Morgan fingerprint density at radius 3 is 2.31 bits per heavy atom. The predicted molar refractivity (Wildman–Crippen MR) is 124 cm³/mol. The molecule has 6 nitrogen and oxygen atoms in total. The van der Waals surface area contributed by atoms with E-state index in [-0.39, 0.29) is 23.8 Å². The molecule has 3 atom stereocenters. The minimum Gasteiger partial charge on any atom is -0.493 e. The molecule has 1 saturated carbocycles. The lowest BCUT2D eigenvalue weighted by molar-refractivity contribution is -0.117. The van der Waals surface area contributed by atoms with Crippen molar-refractivity contribution in [3.63, 3.8) is 0 Å². The minimum absolute atomic E-state index is 0.00609. The summed E-state index contributed by atoms with van der Waals surface area (Å²) in [5.41, 5.74) is 4.66. The van der Waals surface area contributed by atoms with E-state index in [1.807, 2.05) is 13.8 Å². The fourth-order valence-corrected chi connectivity index (χ4v) is 4.46. The molecule has 0 heterocycles. The van der Waals surface area contributed by atoms with E-state index in [0.717, 1.165) is 24.8 Å². The van der Waals surface area contributed by atoms with Crippen LogP contribution < -0.4 is 20.1 Å². The third-order valence-electron chi connectivity index (χ3n) is 6.69. The molecule has 170 valence electrons. The van der Waals surface area contributed by atoms with E-state index < -0.39 is 0 Å². The van der Waals surface area contributed by atoms with Crippen LogP contribution in [-0.2, 0) is 17.6 Å². The second kappa shape index (κ2) is 9.23. The lowest BCUT2D eigenvalue weighted by Gasteiger charge is -2.21. The van der Waals surface area contributed by atoms with Gasteiger partial charge in [-0.05, 0) is 67.7 Å². The van der Waals surface area contributed by atoms with Gasteiger partial charge in [-0.25, -0.2) is 0 Å². The number of benzene rings is 2. The van der Waals surface area contributed by atoms with Crippen molar-refractivity contribution in [2.24, 2.45) is 11.8 Å². The molecule has 2 aromatic carbocycles. The maximum Gasteiger partial charge on any atom is 0.254 e. The SMILES string of the molecule is COc1cc(NC(=O)C2CC2C)c(C(=O)NC(C)c2ccc3c(c2)CCCC3)cc1OC. The molecule has 2 N–H and O–H groups in total. The van der Waals surface area contributed by atoms with E-state index in [2.05, 4.69) is 28.8 Å². The molecule has 32 heavy (non-hydrogen) atoms. The van der Waals surface area contributed by atoms with Crippen LogP contribution in [0.2, 0.25) is 0 Å². The zero-order valence-corrected chi connectivity index (χ0v) is 19.3. The third kappa shape index (κ3) is 4.59. The van der Waals surface area contributed by atoms with E-state index in [1.165, 1.54) is 38.2 Å². The van der Waals surface area contributed by atoms with Crippen LogP contribution in [0.5, 0.6) is 11.5 Å². The van der Waals surface area contributed by atoms with Crippen molar-refractivity contribution in [2.45, 2.75) is 52.0 Å². The van der Waals surface area contributed by atoms with Gasteiger partial charge in [-0.15, -0.1) is 0 Å². The summed E-state index contributed by atoms with van der Waals surface area (Å²) in [6.07, 6.45) is 5.55. The monoisotopic (exact) mass is 436 g/mol. The summed E-state index contributed by atoms with van der Waals surface area (Å²) >= 11 is 0. The first-order chi connectivity index (χ1) is 15.4. The number of aryl methyl sites for hydroxylation is 2. The summed E-state index contributed by atoms with van der Waals surface area (Å²) in [6, 6.07) is 9.61. The number of methoxy groups -OCH3 is 2. The molecule has 6 heteroatoms. The van der Waals surface area contributed by atoms with Crippen LogP contribution >= 0.6 is 0 Å². The molecule has 1 fully saturated rings. The van der Waals surface area contributed by atoms with E-state index in [4.69, 9.17) is 9.47 Å². The zero-order chi connectivity index (χ0) is 22.8. The van der Waals surface area contributed by atoms with Crippen LogP contribution in [0, 0.1) is 11.8 Å². The molecule has 3 unspecified atom stereocenters. The molecule has 0 radical (unpaired) electrons. The Bertz CT molecular complexity index is 1030. The van der Waals surface area contributed by atoms with Crippen molar-refractivity contribution >= 4 is 17.5 Å². The number of amides is 2. The normalized spacial score (nSPS) is 20.0. The van der Waals surface area contributed by atoms with Crippen LogP contribution in [0.15, 0.2) is 30.3 Å². The second-order valence-electron chi connectivity index (χ2n) is 8.99. The molecule has 0 aromatic heterocycles. The molecule has 2 amide bonds. The Morgan fingerprint density at radius 2 is 1.66 bits per heavy atom. The maximum absolute atomic E-state index is 13.3. The molecule has 4 rings (SSSR count). The minimum atomic E-state index is -0.268. The Balaban J connectivity index is 1.57. The first-order valence-electron chi connectivity index (χ1n) is 11.4. The Kier molecular flexibility index (Phi) is 6.40. The highest BCUT2D eigenvalue weighted by atomic mass is 16.5. The summed E-state index contributed by atoms with van der Waals surface area (Å²) in [5, 5.41) is 6.02. The second-order valence-corrected chi connectivity index (χ2v) is 8.99. The average molecular weight is 437 g/mol. The summed E-state index contributed by atoms with van der Waals surface area (Å²) in [7, 11) is 3.06. The molecule has 2 aromatic rings. The van der Waals surface area contributed by atoms with Crippen molar-refractivity contribution in [3.05, 3.63) is 52.6 Å². The van der Waals surface area contributed by atoms with Gasteiger partial charge in [-0.3, -0.25) is 9.59 Å². The van der Waals surface area contributed by atoms with E-state index in [1.54, 1.807) is 12.1 Å². The number of anilines is 1. The van der Waals surface area contributed by atoms with Crippen molar-refractivity contribution < 1.29 is 19.1 Å². The van der Waals surface area contributed by atoms with Crippen LogP contribution in [0.3, 0.4) is 0 Å². The van der Waals surface area contributed by atoms with Crippen LogP contribution in [0.25, 0.3) is 0 Å². The number of rotatable bonds is 7. The number of ether oxygens (including phenoxy) is 2. The van der Waals surface area contributed by atoms with Gasteiger partial charge in [0, 0.05) is 12.0 Å². The quantitative estimate of drug-likeness (QED) is 0.661. The van der Waals surface area contributed by atoms with Crippen molar-refractivity contribution in [3.8, 4) is 11.5 Å². The van der Waals surface area contributed by atoms with Crippen molar-refractivity contribution in [2.75, 3.05) is 19.5 Å². The van der Waals surface area contributed by atoms with Gasteiger partial charge < -0.3 is 20.1 Å². The molecule has 2 aliphatic carbocycles. The fourth-order valence-electron chi connectivity index (χ4n) is 4.46. The Labute approximate surface area is 189 Å². The highest BCUT2D eigenvalue weighted by Gasteiger charge is 2.39. The zero-order valence-electron chi connectivity index (χ0n) is 19.3. The number of fused-ring (bicyclic) bond motifs is 1. The van der Waals surface area contributed by atoms with Gasteiger partial charge in [0.2, 0.25) is 5.91 Å². The van der Waals surface area contributed by atoms with Gasteiger partial charge in [0.1, 0.15) is 0 Å². The largest absolute Gasteiger partial charge is 0.493 e. The Hall–Kier alpha value is -3.02. The topological polar surface area (TPSA) is 76.7 Å². The molecular formula is C26H32N2O4. The molecule has 0 aliphatic heterocycles. The summed E-state index contributed by atoms with van der Waals surface area (Å²) in [5.74, 6) is 0.935. The van der Waals surface area contributed by atoms with E-state index in [9.17, 15) is 9.59 Å². The van der Waals surface area contributed by atoms with Gasteiger partial charge >= 0.3 is 0 Å². The highest BCUT2D eigenvalue weighted by molar-refractivity contribution is 6.05. The smallest absolute Gasteiger partial charge is 0.254 e. The summed E-state index contributed by atoms with van der Waals surface area (Å²) < 4.78 is 10.8. The molecule has 0 bridgehead atoms. The first kappa shape index (κ1) is 22.2. The standard InChI is InChI=1S/C26H32N2O4/c1-15-11-20(15)25(29)28-22-14-24(32-4)23(31-3)13-21(22)26(30)27-16(2)18-10-9-17-7-5-6-8-19(17)12-18/h9-10,12-16,20H,5-8,11H2,1-4H3,(H,27,30)(H,28,29). The van der Waals surface area contributed by atoms with Crippen LogP contribution in [0.4, 0.5) is 5.69 Å². The highest BCUT2D eigenvalue weighted by Crippen LogP contribution is 2.40. The van der Waals surface area contributed by atoms with Crippen molar-refractivity contribution in [1.82, 2.24) is 5.32 Å².